The Labute approximate surface area is 125 Å². The highest BCUT2D eigenvalue weighted by Gasteiger charge is 2.40. The van der Waals surface area contributed by atoms with E-state index in [2.05, 4.69) is 0 Å². The SMILES string of the molecule is CC1(O)CCCN(C(=O)N2CCCC(C)(C(=O)O)C2)CC1. The third-order valence-electron chi connectivity index (χ3n) is 4.82. The number of nitrogens with zero attached hydrogens (tertiary/aromatic N) is 2. The summed E-state index contributed by atoms with van der Waals surface area (Å²) in [5.74, 6) is -0.834. The Hall–Kier alpha value is -1.30. The van der Waals surface area contributed by atoms with Gasteiger partial charge in [-0.25, -0.2) is 4.79 Å². The number of hydrogen-bond acceptors (Lipinski definition) is 3. The second kappa shape index (κ2) is 5.83. The molecule has 0 aromatic carbocycles. The van der Waals surface area contributed by atoms with Crippen molar-refractivity contribution in [1.29, 1.82) is 0 Å². The van der Waals surface area contributed by atoms with Crippen LogP contribution in [0.5, 0.6) is 0 Å². The molecule has 2 aliphatic heterocycles. The van der Waals surface area contributed by atoms with Gasteiger partial charge in [-0.15, -0.1) is 0 Å². The molecule has 6 nitrogen and oxygen atoms in total. The molecular formula is C15H26N2O4. The average Bonchev–Trinajstić information content (AvgIpc) is 2.59. The third kappa shape index (κ3) is 3.67. The van der Waals surface area contributed by atoms with Crippen LogP contribution in [0, 0.1) is 5.41 Å². The van der Waals surface area contributed by atoms with Crippen LogP contribution in [-0.2, 0) is 4.79 Å². The Morgan fingerprint density at radius 1 is 0.952 bits per heavy atom. The monoisotopic (exact) mass is 298 g/mol. The maximum atomic E-state index is 12.6. The molecule has 120 valence electrons. The van der Waals surface area contributed by atoms with Gasteiger partial charge in [-0.1, -0.05) is 0 Å². The van der Waals surface area contributed by atoms with E-state index < -0.39 is 17.0 Å². The Balaban J connectivity index is 2.01. The summed E-state index contributed by atoms with van der Waals surface area (Å²) in [6.07, 6.45) is 3.39. The van der Waals surface area contributed by atoms with E-state index in [-0.39, 0.29) is 12.6 Å². The summed E-state index contributed by atoms with van der Waals surface area (Å²) in [7, 11) is 0. The van der Waals surface area contributed by atoms with Crippen LogP contribution in [0.15, 0.2) is 0 Å². The number of hydrogen-bond donors (Lipinski definition) is 2. The highest BCUT2D eigenvalue weighted by Crippen LogP contribution is 2.31. The first-order chi connectivity index (χ1) is 9.73. The quantitative estimate of drug-likeness (QED) is 0.769. The zero-order chi connectivity index (χ0) is 15.7. The van der Waals surface area contributed by atoms with E-state index in [0.717, 1.165) is 12.8 Å². The molecule has 2 aliphatic rings. The van der Waals surface area contributed by atoms with Crippen LogP contribution in [0.3, 0.4) is 0 Å². The number of carbonyl (C=O) groups excluding carboxylic acids is 1. The molecule has 2 saturated heterocycles. The zero-order valence-corrected chi connectivity index (χ0v) is 13.0. The van der Waals surface area contributed by atoms with E-state index in [1.807, 2.05) is 6.92 Å². The molecule has 0 aromatic heterocycles. The molecule has 2 heterocycles. The molecule has 2 atom stereocenters. The summed E-state index contributed by atoms with van der Waals surface area (Å²) >= 11 is 0. The summed E-state index contributed by atoms with van der Waals surface area (Å²) in [5.41, 5.74) is -1.54. The molecule has 0 aliphatic carbocycles. The molecule has 2 amide bonds. The number of carbonyl (C=O) groups is 2. The minimum absolute atomic E-state index is 0.0834. The number of carboxylic acids is 1. The summed E-state index contributed by atoms with van der Waals surface area (Å²) in [5, 5.41) is 19.4. The molecular weight excluding hydrogens is 272 g/mol. The van der Waals surface area contributed by atoms with Crippen molar-refractivity contribution in [2.75, 3.05) is 26.2 Å². The molecule has 2 unspecified atom stereocenters. The molecule has 0 spiro atoms. The maximum absolute atomic E-state index is 12.6. The van der Waals surface area contributed by atoms with Crippen LogP contribution in [-0.4, -0.2) is 63.8 Å². The lowest BCUT2D eigenvalue weighted by Gasteiger charge is -2.39. The van der Waals surface area contributed by atoms with E-state index in [9.17, 15) is 19.8 Å². The number of likely N-dealkylation sites (tertiary alicyclic amines) is 2. The predicted molar refractivity (Wildman–Crippen MR) is 78.0 cm³/mol. The van der Waals surface area contributed by atoms with E-state index in [1.54, 1.807) is 16.7 Å². The topological polar surface area (TPSA) is 81.1 Å². The second-order valence-electron chi connectivity index (χ2n) is 7.01. The van der Waals surface area contributed by atoms with Gasteiger partial charge in [-0.2, -0.15) is 0 Å². The molecule has 0 bridgehead atoms. The van der Waals surface area contributed by atoms with Crippen molar-refractivity contribution in [2.24, 2.45) is 5.41 Å². The van der Waals surface area contributed by atoms with Crippen molar-refractivity contribution < 1.29 is 19.8 Å². The maximum Gasteiger partial charge on any atom is 0.320 e. The summed E-state index contributed by atoms with van der Waals surface area (Å²) in [6, 6.07) is -0.0834. The zero-order valence-electron chi connectivity index (χ0n) is 13.0. The normalized spacial score (nSPS) is 34.4. The van der Waals surface area contributed by atoms with Gasteiger partial charge in [0.15, 0.2) is 0 Å². The Morgan fingerprint density at radius 2 is 1.57 bits per heavy atom. The Morgan fingerprint density at radius 3 is 2.24 bits per heavy atom. The summed E-state index contributed by atoms with van der Waals surface area (Å²) in [4.78, 5) is 27.4. The smallest absolute Gasteiger partial charge is 0.320 e. The second-order valence-corrected chi connectivity index (χ2v) is 7.01. The molecule has 0 saturated carbocycles. The van der Waals surface area contributed by atoms with Crippen molar-refractivity contribution in [3.05, 3.63) is 0 Å². The lowest BCUT2D eigenvalue weighted by molar-refractivity contribution is -0.150. The minimum atomic E-state index is -0.842. The molecule has 6 heteroatoms. The van der Waals surface area contributed by atoms with Crippen molar-refractivity contribution >= 4 is 12.0 Å². The lowest BCUT2D eigenvalue weighted by Crippen LogP contribution is -2.52. The van der Waals surface area contributed by atoms with Crippen molar-refractivity contribution in [3.8, 4) is 0 Å². The number of aliphatic hydroxyl groups is 1. The van der Waals surface area contributed by atoms with Crippen molar-refractivity contribution in [3.63, 3.8) is 0 Å². The van der Waals surface area contributed by atoms with Crippen LogP contribution in [0.4, 0.5) is 4.79 Å². The van der Waals surface area contributed by atoms with E-state index in [4.69, 9.17) is 0 Å². The minimum Gasteiger partial charge on any atom is -0.481 e. The number of aliphatic carboxylic acids is 1. The predicted octanol–water partition coefficient (Wildman–Crippen LogP) is 1.53. The fourth-order valence-electron chi connectivity index (χ4n) is 3.23. The van der Waals surface area contributed by atoms with Crippen LogP contribution in [0.25, 0.3) is 0 Å². The van der Waals surface area contributed by atoms with Gasteiger partial charge < -0.3 is 20.0 Å². The van der Waals surface area contributed by atoms with Crippen molar-refractivity contribution in [1.82, 2.24) is 9.80 Å². The third-order valence-corrected chi connectivity index (χ3v) is 4.82. The van der Waals surface area contributed by atoms with Gasteiger partial charge in [0.05, 0.1) is 11.0 Å². The fraction of sp³-hybridized carbons (Fsp3) is 0.867. The molecule has 21 heavy (non-hydrogen) atoms. The van der Waals surface area contributed by atoms with E-state index in [0.29, 0.717) is 38.9 Å². The van der Waals surface area contributed by atoms with Crippen LogP contribution in [0.1, 0.15) is 46.0 Å². The largest absolute Gasteiger partial charge is 0.481 e. The van der Waals surface area contributed by atoms with Gasteiger partial charge in [0, 0.05) is 26.2 Å². The molecule has 2 rings (SSSR count). The highest BCUT2D eigenvalue weighted by molar-refractivity contribution is 5.78. The number of piperidine rings is 1. The van der Waals surface area contributed by atoms with Gasteiger partial charge in [0.1, 0.15) is 0 Å². The average molecular weight is 298 g/mol. The van der Waals surface area contributed by atoms with Crippen LogP contribution < -0.4 is 0 Å². The number of amides is 2. The number of urea groups is 1. The highest BCUT2D eigenvalue weighted by atomic mass is 16.4. The van der Waals surface area contributed by atoms with Gasteiger partial charge in [0.2, 0.25) is 0 Å². The Bertz CT molecular complexity index is 424. The first-order valence-corrected chi connectivity index (χ1v) is 7.73. The Kier molecular flexibility index (Phi) is 4.46. The number of carboxylic acid groups (broad SMARTS) is 1. The first-order valence-electron chi connectivity index (χ1n) is 7.73. The van der Waals surface area contributed by atoms with Crippen LogP contribution >= 0.6 is 0 Å². The van der Waals surface area contributed by atoms with Gasteiger partial charge in [-0.05, 0) is 46.0 Å². The van der Waals surface area contributed by atoms with E-state index >= 15 is 0 Å². The lowest BCUT2D eigenvalue weighted by atomic mass is 9.82. The number of rotatable bonds is 1. The first kappa shape index (κ1) is 16.1. The fourth-order valence-corrected chi connectivity index (χ4v) is 3.23. The molecule has 2 N–H and O–H groups in total. The van der Waals surface area contributed by atoms with E-state index in [1.165, 1.54) is 0 Å². The molecule has 2 fully saturated rings. The standard InChI is InChI=1S/C15H26N2O4/c1-14(12(18)19)5-3-9-17(11-14)13(20)16-8-4-6-15(2,21)7-10-16/h21H,3-11H2,1-2H3,(H,18,19). The molecule has 0 aromatic rings. The summed E-state index contributed by atoms with van der Waals surface area (Å²) in [6.45, 7) is 5.58. The van der Waals surface area contributed by atoms with Crippen LogP contribution in [0.2, 0.25) is 0 Å². The summed E-state index contributed by atoms with van der Waals surface area (Å²) < 4.78 is 0. The van der Waals surface area contributed by atoms with Crippen molar-refractivity contribution in [2.45, 2.75) is 51.6 Å². The van der Waals surface area contributed by atoms with Gasteiger partial charge in [0.25, 0.3) is 0 Å². The molecule has 0 radical (unpaired) electrons. The van der Waals surface area contributed by atoms with Gasteiger partial charge in [-0.3, -0.25) is 4.79 Å². The van der Waals surface area contributed by atoms with Gasteiger partial charge >= 0.3 is 12.0 Å².